The Labute approximate surface area is 823 Å². The van der Waals surface area contributed by atoms with Gasteiger partial charge in [-0.1, -0.05) is 302 Å². The maximum atomic E-state index is 11.5. The van der Waals surface area contributed by atoms with E-state index in [4.69, 9.17) is 4.42 Å². The number of aryl methyl sites for hydroxylation is 12. The van der Waals surface area contributed by atoms with Crippen molar-refractivity contribution >= 4 is 118 Å². The third-order valence-corrected chi connectivity index (χ3v) is 21.2. The number of rotatable bonds is 0. The van der Waals surface area contributed by atoms with Gasteiger partial charge in [-0.25, -0.2) is 15.0 Å². The molecule has 12 heterocycles. The predicted octanol–water partition coefficient (Wildman–Crippen LogP) is 32.5. The third-order valence-electron chi connectivity index (χ3n) is 19.0. The zero-order valence-electron chi connectivity index (χ0n) is 88.6. The number of hydrogen-bond donors (Lipinski definition) is 2. The Morgan fingerprint density at radius 2 is 0.890 bits per heavy atom. The Bertz CT molecular complexity index is 6220. The molecule has 19 aromatic rings. The van der Waals surface area contributed by atoms with Crippen LogP contribution in [0.2, 0.25) is 0 Å². The lowest BCUT2D eigenvalue weighted by molar-refractivity contribution is 0.418. The topological polar surface area (TPSA) is 204 Å². The molecule has 19 heteroatoms. The van der Waals surface area contributed by atoms with Gasteiger partial charge in [-0.3, -0.25) is 34.4 Å². The minimum atomic E-state index is -0.0799. The van der Waals surface area contributed by atoms with Crippen molar-refractivity contribution in [2.75, 3.05) is 20.1 Å². The van der Waals surface area contributed by atoms with Gasteiger partial charge in [0.05, 0.1) is 65.2 Å². The summed E-state index contributed by atoms with van der Waals surface area (Å²) in [5, 5.41) is 18.3. The number of fused-ring (bicyclic) bond motifs is 11. The summed E-state index contributed by atoms with van der Waals surface area (Å²) in [6.07, 6.45) is 23.3. The van der Waals surface area contributed by atoms with E-state index in [2.05, 4.69) is 218 Å². The van der Waals surface area contributed by atoms with Crippen molar-refractivity contribution in [3.63, 3.8) is 0 Å². The van der Waals surface area contributed by atoms with Crippen LogP contribution < -0.4 is 16.7 Å². The largest absolute Gasteiger partial charge is 0.472 e. The summed E-state index contributed by atoms with van der Waals surface area (Å²) in [6, 6.07) is 74.5. The Morgan fingerprint density at radius 3 is 1.51 bits per heavy atom. The summed E-state index contributed by atoms with van der Waals surface area (Å²) >= 11 is 3.32. The van der Waals surface area contributed by atoms with Crippen molar-refractivity contribution in [3.05, 3.63) is 361 Å². The molecule has 2 aliphatic rings. The molecular weight excluding hydrogens is 1720 g/mol. The number of para-hydroxylation sites is 2. The summed E-state index contributed by atoms with van der Waals surface area (Å²) < 4.78 is 12.6. The Hall–Kier alpha value is -12.7. The summed E-state index contributed by atoms with van der Waals surface area (Å²) in [7, 11) is 7.23. The van der Waals surface area contributed by atoms with Crippen LogP contribution in [0, 0.1) is 48.5 Å². The molecule has 136 heavy (non-hydrogen) atoms. The van der Waals surface area contributed by atoms with E-state index in [-0.39, 0.29) is 16.7 Å². The highest BCUT2D eigenvalue weighted by Gasteiger charge is 2.10. The number of likely N-dealkylation sites (tertiary alicyclic amines) is 1. The zero-order valence-corrected chi connectivity index (χ0v) is 90.2. The minimum Gasteiger partial charge on any atom is -0.472 e. The summed E-state index contributed by atoms with van der Waals surface area (Å²) in [4.78, 5) is 64.5. The highest BCUT2D eigenvalue weighted by molar-refractivity contribution is 7.26. The standard InChI is InChI=1S/C13H10S.C11H14.3C10H9N.C9H8N2O.C9H9N.C7H6N2OS.C6H6N4O.C5H11N.C5H6O.11C2H6/c1-9-5-4-7-11-10-6-2-3-8-12(10)14-13(9)11;1-9-6-7-10-4-2-3-5-11(10)8-9;1-8-4-5-10-9(7-8)3-2-6-11-10;1-8-6-9-4-2-3-5-10(9)7-11-8;1-8-6-7-9-4-2-3-5-10(9)11-8;1-11-6-10-8-5-3-2-4-7(8)9(11)12;1-7-2-3-9-8(6-7)4-5-10-9;1-9-4-8-5-2-3-11-6(5)7(9)10;1-10-3-7-5-4(6(10)11)2-8-9-5;1-6-4-2-3-5-6;1-5-2-3-6-4-5;11*1-2/h2-8H,1H3;6-8H,2-5H2,1H3;3*2-7H,1H3;2-6H,1H3;2-6,10H,1H3;2-4H,1H3;2-3H,1H3,(H,8,9);2-5H2,1H3;2-4H,1H3;11*1-2H3. The zero-order chi connectivity index (χ0) is 102. The number of hydrogen-bond acceptors (Lipinski definition) is 14. The van der Waals surface area contributed by atoms with Crippen molar-refractivity contribution in [3.8, 4) is 0 Å². The van der Waals surface area contributed by atoms with Crippen LogP contribution in [0.25, 0.3) is 95.8 Å². The van der Waals surface area contributed by atoms with E-state index in [9.17, 15) is 14.4 Å². The number of pyridine rings is 3. The molecule has 1 aliphatic carbocycles. The molecule has 1 aliphatic heterocycles. The third kappa shape index (κ3) is 42.5. The quantitative estimate of drug-likeness (QED) is 0.146. The monoisotopic (exact) mass is 1880 g/mol. The molecular formula is C117H163N13O4S2. The molecule has 0 unspecified atom stereocenters. The maximum absolute atomic E-state index is 11.5. The molecule has 0 atom stereocenters. The van der Waals surface area contributed by atoms with E-state index in [1.807, 2.05) is 287 Å². The molecule has 1 fully saturated rings. The van der Waals surface area contributed by atoms with Gasteiger partial charge in [0, 0.05) is 93.0 Å². The van der Waals surface area contributed by atoms with Crippen molar-refractivity contribution in [2.24, 2.45) is 21.1 Å². The predicted molar refractivity (Wildman–Crippen MR) is 600 cm³/mol. The van der Waals surface area contributed by atoms with Gasteiger partial charge in [0.25, 0.3) is 16.7 Å². The highest BCUT2D eigenvalue weighted by atomic mass is 32.1. The number of aromatic nitrogens is 12. The number of nitrogens with one attached hydrogen (secondary N) is 2. The Kier molecular flexibility index (Phi) is 67.7. The van der Waals surface area contributed by atoms with Crippen LogP contribution in [-0.4, -0.2) is 83.8 Å². The van der Waals surface area contributed by atoms with E-state index in [0.717, 1.165) is 38.2 Å². The highest BCUT2D eigenvalue weighted by Crippen LogP contribution is 2.35. The van der Waals surface area contributed by atoms with E-state index >= 15 is 0 Å². The molecule has 8 aromatic carbocycles. The first-order valence-electron chi connectivity index (χ1n) is 49.1. The van der Waals surface area contributed by atoms with Crippen molar-refractivity contribution in [1.29, 1.82) is 0 Å². The van der Waals surface area contributed by atoms with Gasteiger partial charge >= 0.3 is 0 Å². The SMILES string of the molecule is CC.CC.CC.CC.CC.CC.CC.CC.CC.CC.CC.CN1CCCC1.Cc1cc2ccccc2cn1.Cc1ccc2[nH]ccc2c1.Cc1ccc2c(c1)CCCC2.Cc1ccc2ccccc2n1.Cc1ccc2ncccc2c1.Cc1cccc2c1sc1ccccc12.Cc1ccoc1.Cn1cnc2[nH]ncc2c1=O.Cn1cnc2ccccc2c1=O.Cn1cnc2ccsc2c1=O. The van der Waals surface area contributed by atoms with Crippen molar-refractivity contribution in [2.45, 2.75) is 239 Å². The van der Waals surface area contributed by atoms with E-state index in [0.29, 0.717) is 16.4 Å². The molecule has 0 saturated carbocycles. The van der Waals surface area contributed by atoms with Crippen LogP contribution in [0.15, 0.2) is 299 Å². The van der Waals surface area contributed by atoms with E-state index < -0.39 is 0 Å². The van der Waals surface area contributed by atoms with E-state index in [1.165, 1.54) is 182 Å². The first kappa shape index (κ1) is 123. The molecule has 0 bridgehead atoms. The van der Waals surface area contributed by atoms with Crippen molar-refractivity contribution < 1.29 is 4.42 Å². The normalized spacial score (nSPS) is 10.4. The number of thiophene rings is 2. The number of nitrogens with zero attached hydrogens (tertiary/aromatic N) is 11. The summed E-state index contributed by atoms with van der Waals surface area (Å²) in [5.41, 5.74) is 17.3. The lowest BCUT2D eigenvalue weighted by Crippen LogP contribution is -2.16. The number of H-pyrrole nitrogens is 2. The van der Waals surface area contributed by atoms with Crippen molar-refractivity contribution in [1.82, 2.24) is 63.7 Å². The number of aromatic amines is 2. The molecule has 1 saturated heterocycles. The second-order valence-corrected chi connectivity index (χ2v) is 30.2. The van der Waals surface area contributed by atoms with E-state index in [1.54, 1.807) is 50.9 Å². The second kappa shape index (κ2) is 74.6. The fourth-order valence-electron chi connectivity index (χ4n) is 12.7. The molecule has 0 amide bonds. The summed E-state index contributed by atoms with van der Waals surface area (Å²) in [6.45, 7) is 61.2. The summed E-state index contributed by atoms with van der Waals surface area (Å²) in [5.74, 6) is 0. The second-order valence-electron chi connectivity index (χ2n) is 28.2. The van der Waals surface area contributed by atoms with Gasteiger partial charge < -0.3 is 28.0 Å². The fraction of sp³-hybridized carbons (Fsp3) is 0.350. The van der Waals surface area contributed by atoms with Crippen LogP contribution >= 0.6 is 22.7 Å². The van der Waals surface area contributed by atoms with Gasteiger partial charge in [-0.2, -0.15) is 5.10 Å². The lowest BCUT2D eigenvalue weighted by Gasteiger charge is -2.15. The smallest absolute Gasteiger partial charge is 0.271 e. The first-order valence-corrected chi connectivity index (χ1v) is 50.8. The minimum absolute atomic E-state index is 0.000556. The molecule has 17 nitrogen and oxygen atoms in total. The Balaban J connectivity index is 0.00000145. The van der Waals surface area contributed by atoms with Gasteiger partial charge in [0.2, 0.25) is 0 Å². The van der Waals surface area contributed by atoms with Gasteiger partial charge in [-0.05, 0) is 230 Å². The molecule has 732 valence electrons. The van der Waals surface area contributed by atoms with Crippen LogP contribution in [0.1, 0.15) is 228 Å². The van der Waals surface area contributed by atoms with Gasteiger partial charge in [-0.15, -0.1) is 22.7 Å². The van der Waals surface area contributed by atoms with Crippen LogP contribution in [0.3, 0.4) is 0 Å². The van der Waals surface area contributed by atoms with Crippen LogP contribution in [-0.2, 0) is 34.0 Å². The fourth-order valence-corrected chi connectivity index (χ4v) is 14.7. The maximum Gasteiger partial charge on any atom is 0.271 e. The van der Waals surface area contributed by atoms with Crippen LogP contribution in [0.5, 0.6) is 0 Å². The van der Waals surface area contributed by atoms with Gasteiger partial charge in [0.15, 0.2) is 5.65 Å². The number of benzene rings is 8. The lowest BCUT2D eigenvalue weighted by atomic mass is 9.91. The molecule has 21 rings (SSSR count). The molecule has 2 N–H and O–H groups in total. The van der Waals surface area contributed by atoms with Gasteiger partial charge in [0.1, 0.15) is 10.1 Å². The van der Waals surface area contributed by atoms with Crippen LogP contribution in [0.4, 0.5) is 0 Å². The molecule has 0 spiro atoms. The average molecular weight is 1880 g/mol. The molecule has 0 radical (unpaired) electrons. The Morgan fingerprint density at radius 1 is 0.360 bits per heavy atom. The molecule has 11 aromatic heterocycles. The number of furan rings is 1. The average Bonchev–Trinajstić information content (AvgIpc) is 1.63. The first-order chi connectivity index (χ1) is 66.3.